The van der Waals surface area contributed by atoms with E-state index in [-0.39, 0.29) is 5.91 Å². The third-order valence-electron chi connectivity index (χ3n) is 3.29. The first-order chi connectivity index (χ1) is 9.93. The molecule has 0 saturated carbocycles. The van der Waals surface area contributed by atoms with E-state index in [1.165, 1.54) is 23.3 Å². The molecule has 1 atom stereocenters. The normalized spacial score (nSPS) is 12.1. The number of nitrogens with one attached hydrogen (secondary N) is 1. The summed E-state index contributed by atoms with van der Waals surface area (Å²) in [7, 11) is 1.50. The summed E-state index contributed by atoms with van der Waals surface area (Å²) in [5.41, 5.74) is 1.98. The molecule has 0 bridgehead atoms. The molecule has 7 heteroatoms. The number of carboxylic acid groups (broad SMARTS) is 1. The number of nitrogens with zero attached hydrogens (tertiary/aromatic N) is 2. The highest BCUT2D eigenvalue weighted by molar-refractivity contribution is 7.09. The van der Waals surface area contributed by atoms with Crippen molar-refractivity contribution in [2.45, 2.75) is 26.3 Å². The molecule has 0 aliphatic carbocycles. The summed E-state index contributed by atoms with van der Waals surface area (Å²) in [6.45, 7) is 3.65. The van der Waals surface area contributed by atoms with Crippen molar-refractivity contribution in [2.24, 2.45) is 0 Å². The number of aryl methyl sites for hydroxylation is 1. The van der Waals surface area contributed by atoms with E-state index in [4.69, 9.17) is 5.11 Å². The number of aromatic amines is 1. The number of aliphatic carboxylic acids is 1. The molecule has 112 valence electrons. The van der Waals surface area contributed by atoms with Gasteiger partial charge in [-0.05, 0) is 19.4 Å². The first-order valence-electron chi connectivity index (χ1n) is 6.55. The number of rotatable bonds is 5. The van der Waals surface area contributed by atoms with E-state index in [0.29, 0.717) is 12.1 Å². The highest BCUT2D eigenvalue weighted by Gasteiger charge is 2.26. The van der Waals surface area contributed by atoms with Gasteiger partial charge in [0.05, 0.1) is 10.7 Å². The van der Waals surface area contributed by atoms with Gasteiger partial charge in [-0.15, -0.1) is 11.3 Å². The Labute approximate surface area is 126 Å². The van der Waals surface area contributed by atoms with E-state index >= 15 is 0 Å². The summed E-state index contributed by atoms with van der Waals surface area (Å²) in [6, 6.07) is 0.868. The molecule has 0 aromatic carbocycles. The number of H-pyrrole nitrogens is 1. The quantitative estimate of drug-likeness (QED) is 0.888. The summed E-state index contributed by atoms with van der Waals surface area (Å²) < 4.78 is 0. The summed E-state index contributed by atoms with van der Waals surface area (Å²) >= 11 is 1.54. The van der Waals surface area contributed by atoms with E-state index in [2.05, 4.69) is 9.97 Å². The zero-order chi connectivity index (χ0) is 15.6. The molecular weight excluding hydrogens is 290 g/mol. The molecule has 1 amide bonds. The molecular formula is C14H17N3O3S. The van der Waals surface area contributed by atoms with Crippen molar-refractivity contribution in [2.75, 3.05) is 7.05 Å². The number of carbonyl (C=O) groups excluding carboxylic acids is 1. The summed E-state index contributed by atoms with van der Waals surface area (Å²) in [5.74, 6) is -1.35. The molecule has 0 fully saturated rings. The van der Waals surface area contributed by atoms with Crippen LogP contribution in [0.3, 0.4) is 0 Å². The van der Waals surface area contributed by atoms with E-state index in [1.807, 2.05) is 12.3 Å². The Morgan fingerprint density at radius 3 is 2.76 bits per heavy atom. The van der Waals surface area contributed by atoms with Crippen LogP contribution in [0.5, 0.6) is 0 Å². The van der Waals surface area contributed by atoms with E-state index in [1.54, 1.807) is 19.2 Å². The number of likely N-dealkylation sites (N-methyl/N-ethyl adjacent to an activating group) is 1. The van der Waals surface area contributed by atoms with E-state index < -0.39 is 12.0 Å². The first kappa shape index (κ1) is 15.2. The second kappa shape index (κ2) is 6.09. The fourth-order valence-corrected chi connectivity index (χ4v) is 2.73. The van der Waals surface area contributed by atoms with Crippen LogP contribution in [0.1, 0.15) is 28.8 Å². The number of hydrogen-bond donors (Lipinski definition) is 2. The predicted octanol–water partition coefficient (Wildman–Crippen LogP) is 2.38. The number of carboxylic acids is 1. The minimum absolute atomic E-state index is 0.345. The van der Waals surface area contributed by atoms with Crippen molar-refractivity contribution in [1.29, 1.82) is 0 Å². The van der Waals surface area contributed by atoms with Crippen LogP contribution in [-0.2, 0) is 4.79 Å². The molecule has 2 aromatic heterocycles. The van der Waals surface area contributed by atoms with Crippen molar-refractivity contribution < 1.29 is 14.7 Å². The number of hydrogen-bond acceptors (Lipinski definition) is 4. The van der Waals surface area contributed by atoms with Crippen molar-refractivity contribution in [3.05, 3.63) is 28.3 Å². The maximum atomic E-state index is 12.3. The molecule has 2 aromatic rings. The van der Waals surface area contributed by atoms with Crippen molar-refractivity contribution in [3.8, 4) is 11.3 Å². The van der Waals surface area contributed by atoms with Gasteiger partial charge in [-0.2, -0.15) is 0 Å². The van der Waals surface area contributed by atoms with Crippen molar-refractivity contribution in [3.63, 3.8) is 0 Å². The predicted molar refractivity (Wildman–Crippen MR) is 80.4 cm³/mol. The minimum Gasteiger partial charge on any atom is -0.480 e. The standard InChI is InChI=1S/C14H17N3O3S/c1-4-12(14(19)20)17(3)13(18)10-5-9(6-15-10)11-7-21-8(2)16-11/h5-7,12,15H,4H2,1-3H3,(H,19,20). The van der Waals surface area contributed by atoms with Gasteiger partial charge < -0.3 is 15.0 Å². The number of thiazole rings is 1. The molecule has 6 nitrogen and oxygen atoms in total. The minimum atomic E-state index is -1.00. The molecule has 2 rings (SSSR count). The molecule has 0 saturated heterocycles. The van der Waals surface area contributed by atoms with Crippen LogP contribution in [0.15, 0.2) is 17.6 Å². The lowest BCUT2D eigenvalue weighted by atomic mass is 10.2. The Hall–Kier alpha value is -2.15. The molecule has 2 N–H and O–H groups in total. The monoisotopic (exact) mass is 307 g/mol. The number of aromatic nitrogens is 2. The Bertz CT molecular complexity index is 662. The third-order valence-corrected chi connectivity index (χ3v) is 4.06. The Morgan fingerprint density at radius 2 is 2.24 bits per heavy atom. The van der Waals surface area contributed by atoms with Gasteiger partial charge in [-0.25, -0.2) is 9.78 Å². The zero-order valence-corrected chi connectivity index (χ0v) is 12.9. The van der Waals surface area contributed by atoms with Gasteiger partial charge >= 0.3 is 5.97 Å². The van der Waals surface area contributed by atoms with Gasteiger partial charge in [0.25, 0.3) is 5.91 Å². The maximum Gasteiger partial charge on any atom is 0.326 e. The van der Waals surface area contributed by atoms with Crippen LogP contribution in [0.4, 0.5) is 0 Å². The fourth-order valence-electron chi connectivity index (χ4n) is 2.11. The maximum absolute atomic E-state index is 12.3. The van der Waals surface area contributed by atoms with Crippen LogP contribution in [0, 0.1) is 6.92 Å². The molecule has 0 spiro atoms. The third kappa shape index (κ3) is 3.13. The van der Waals surface area contributed by atoms with Crippen LogP contribution < -0.4 is 0 Å². The van der Waals surface area contributed by atoms with E-state index in [9.17, 15) is 9.59 Å². The largest absolute Gasteiger partial charge is 0.480 e. The van der Waals surface area contributed by atoms with Gasteiger partial charge in [0.1, 0.15) is 11.7 Å². The fraction of sp³-hybridized carbons (Fsp3) is 0.357. The molecule has 0 radical (unpaired) electrons. The van der Waals surface area contributed by atoms with Crippen LogP contribution in [0.2, 0.25) is 0 Å². The second-order valence-electron chi connectivity index (χ2n) is 4.73. The van der Waals surface area contributed by atoms with Gasteiger partial charge in [-0.1, -0.05) is 6.92 Å². The molecule has 0 aliphatic heterocycles. The van der Waals surface area contributed by atoms with Crippen molar-refractivity contribution >= 4 is 23.2 Å². The Morgan fingerprint density at radius 1 is 1.52 bits per heavy atom. The topological polar surface area (TPSA) is 86.3 Å². The summed E-state index contributed by atoms with van der Waals surface area (Å²) in [6.07, 6.45) is 2.06. The first-order valence-corrected chi connectivity index (χ1v) is 7.42. The Balaban J connectivity index is 2.21. The average molecular weight is 307 g/mol. The lowest BCUT2D eigenvalue weighted by molar-refractivity contribution is -0.142. The van der Waals surface area contributed by atoms with Gasteiger partial charge in [0.2, 0.25) is 0 Å². The average Bonchev–Trinajstić information content (AvgIpc) is 3.06. The lowest BCUT2D eigenvalue weighted by Crippen LogP contribution is -2.42. The molecule has 21 heavy (non-hydrogen) atoms. The summed E-state index contributed by atoms with van der Waals surface area (Å²) in [5, 5.41) is 12.0. The van der Waals surface area contributed by atoms with Crippen LogP contribution in [-0.4, -0.2) is 44.9 Å². The zero-order valence-electron chi connectivity index (χ0n) is 12.1. The summed E-state index contributed by atoms with van der Waals surface area (Å²) in [4.78, 5) is 31.9. The highest BCUT2D eigenvalue weighted by atomic mass is 32.1. The Kier molecular flexibility index (Phi) is 4.42. The smallest absolute Gasteiger partial charge is 0.326 e. The van der Waals surface area contributed by atoms with Gasteiger partial charge in [-0.3, -0.25) is 4.79 Å². The van der Waals surface area contributed by atoms with Crippen molar-refractivity contribution in [1.82, 2.24) is 14.9 Å². The van der Waals surface area contributed by atoms with Gasteiger partial charge in [0, 0.05) is 24.2 Å². The van der Waals surface area contributed by atoms with Crippen LogP contribution in [0.25, 0.3) is 11.3 Å². The SMILES string of the molecule is CCC(C(=O)O)N(C)C(=O)c1cc(-c2csc(C)n2)c[nH]1. The highest BCUT2D eigenvalue weighted by Crippen LogP contribution is 2.23. The lowest BCUT2D eigenvalue weighted by Gasteiger charge is -2.23. The second-order valence-corrected chi connectivity index (χ2v) is 5.79. The number of carbonyl (C=O) groups is 2. The molecule has 2 heterocycles. The molecule has 1 unspecified atom stereocenters. The number of amides is 1. The van der Waals surface area contributed by atoms with Crippen LogP contribution >= 0.6 is 11.3 Å². The van der Waals surface area contributed by atoms with Gasteiger partial charge in [0.15, 0.2) is 0 Å². The molecule has 0 aliphatic rings. The van der Waals surface area contributed by atoms with E-state index in [0.717, 1.165) is 16.3 Å².